The van der Waals surface area contributed by atoms with Crippen molar-refractivity contribution in [2.45, 2.75) is 10.3 Å². The minimum Gasteiger partial charge on any atom is -0.487 e. The van der Waals surface area contributed by atoms with Gasteiger partial charge in [-0.3, -0.25) is 0 Å². The van der Waals surface area contributed by atoms with E-state index in [1.165, 1.54) is 0 Å². The van der Waals surface area contributed by atoms with E-state index in [2.05, 4.69) is 55.0 Å². The lowest BCUT2D eigenvalue weighted by molar-refractivity contribution is 0.309. The van der Waals surface area contributed by atoms with Crippen LogP contribution in [0.2, 0.25) is 0 Å². The molecule has 106 valence electrons. The third kappa shape index (κ3) is 3.44. The zero-order valence-corrected chi connectivity index (χ0v) is 14.3. The fourth-order valence-corrected chi connectivity index (χ4v) is 2.62. The van der Waals surface area contributed by atoms with Gasteiger partial charge < -0.3 is 4.74 Å². The molecule has 0 saturated heterocycles. The van der Waals surface area contributed by atoms with Crippen molar-refractivity contribution in [1.82, 2.24) is 4.98 Å². The monoisotopic (exact) mass is 405 g/mol. The molecule has 0 radical (unpaired) electrons. The molecule has 1 heterocycles. The summed E-state index contributed by atoms with van der Waals surface area (Å²) in [5.74, 6) is 0.804. The molecule has 3 aromatic rings. The number of rotatable bonds is 4. The van der Waals surface area contributed by atoms with Crippen molar-refractivity contribution in [2.24, 2.45) is 0 Å². The van der Waals surface area contributed by atoms with Crippen molar-refractivity contribution in [1.29, 1.82) is 0 Å². The Kier molecular flexibility index (Phi) is 4.56. The third-order valence-electron chi connectivity index (χ3n) is 3.17. The van der Waals surface area contributed by atoms with E-state index < -0.39 is 0 Å². The number of pyridine rings is 1. The number of fused-ring (bicyclic) bond motifs is 1. The number of hydrogen-bond acceptors (Lipinski definition) is 2. The van der Waals surface area contributed by atoms with Crippen LogP contribution in [0.4, 0.5) is 0 Å². The second kappa shape index (κ2) is 6.58. The maximum absolute atomic E-state index is 5.95. The summed E-state index contributed by atoms with van der Waals surface area (Å²) in [5.41, 5.74) is 2.96. The number of halogens is 2. The molecule has 0 saturated carbocycles. The van der Waals surface area contributed by atoms with Crippen molar-refractivity contribution in [2.75, 3.05) is 0 Å². The summed E-state index contributed by atoms with van der Waals surface area (Å²) in [5, 5.41) is 1.07. The normalized spacial score (nSPS) is 11.0. The Balaban J connectivity index is 1.92. The fraction of sp³-hybridized carbons (Fsp3) is 0.118. The smallest absolute Gasteiger partial charge is 0.146 e. The standard InChI is InChI=1S/C17H13Br2NO/c18-17(19)14-10-9-13-7-4-8-15(16(13)20-14)21-11-12-5-2-1-3-6-12/h1-10,17H,11H2. The number of alkyl halides is 2. The molecule has 0 spiro atoms. The summed E-state index contributed by atoms with van der Waals surface area (Å²) in [6.45, 7) is 0.540. The van der Waals surface area contributed by atoms with Gasteiger partial charge in [0.2, 0.25) is 0 Å². The van der Waals surface area contributed by atoms with Gasteiger partial charge in [0.15, 0.2) is 0 Å². The van der Waals surface area contributed by atoms with Crippen molar-refractivity contribution in [3.8, 4) is 5.75 Å². The van der Waals surface area contributed by atoms with Crippen molar-refractivity contribution >= 4 is 42.8 Å². The van der Waals surface area contributed by atoms with E-state index in [-0.39, 0.29) is 3.74 Å². The second-order valence-corrected chi connectivity index (χ2v) is 7.70. The molecule has 0 atom stereocenters. The van der Waals surface area contributed by atoms with Gasteiger partial charge in [-0.15, -0.1) is 0 Å². The predicted molar refractivity (Wildman–Crippen MR) is 93.1 cm³/mol. The van der Waals surface area contributed by atoms with Gasteiger partial charge in [-0.05, 0) is 17.7 Å². The van der Waals surface area contributed by atoms with Crippen LogP contribution in [-0.4, -0.2) is 4.98 Å². The molecule has 2 nitrogen and oxygen atoms in total. The molecule has 0 unspecified atom stereocenters. The Labute approximate surface area is 140 Å². The van der Waals surface area contributed by atoms with Gasteiger partial charge in [-0.2, -0.15) is 0 Å². The van der Waals surface area contributed by atoms with Crippen LogP contribution >= 0.6 is 31.9 Å². The number of benzene rings is 2. The van der Waals surface area contributed by atoms with Crippen LogP contribution in [0.3, 0.4) is 0 Å². The molecule has 0 aliphatic heterocycles. The molecule has 0 amide bonds. The maximum atomic E-state index is 5.95. The molecule has 0 N–H and O–H groups in total. The van der Waals surface area contributed by atoms with Gasteiger partial charge in [-0.1, -0.05) is 80.4 Å². The first-order valence-corrected chi connectivity index (χ1v) is 8.42. The van der Waals surface area contributed by atoms with Crippen LogP contribution in [-0.2, 0) is 6.61 Å². The first-order valence-electron chi connectivity index (χ1n) is 6.58. The average molecular weight is 407 g/mol. The summed E-state index contributed by atoms with van der Waals surface area (Å²) in [6, 6.07) is 20.2. The zero-order valence-electron chi connectivity index (χ0n) is 11.2. The van der Waals surface area contributed by atoms with Crippen LogP contribution in [0, 0.1) is 0 Å². The van der Waals surface area contributed by atoms with Gasteiger partial charge in [-0.25, -0.2) is 4.98 Å². The number of para-hydroxylation sites is 1. The van der Waals surface area contributed by atoms with E-state index in [1.807, 2.05) is 42.5 Å². The van der Waals surface area contributed by atoms with Crippen molar-refractivity contribution in [3.05, 3.63) is 71.9 Å². The summed E-state index contributed by atoms with van der Waals surface area (Å²) in [6.07, 6.45) is 0. The summed E-state index contributed by atoms with van der Waals surface area (Å²) in [7, 11) is 0. The Bertz CT molecular complexity index is 744. The Hall–Kier alpha value is -1.39. The summed E-state index contributed by atoms with van der Waals surface area (Å²) < 4.78 is 5.99. The number of aromatic nitrogens is 1. The van der Waals surface area contributed by atoms with Crippen LogP contribution in [0.1, 0.15) is 15.0 Å². The summed E-state index contributed by atoms with van der Waals surface area (Å²) >= 11 is 6.96. The van der Waals surface area contributed by atoms with E-state index in [1.54, 1.807) is 0 Å². The first kappa shape index (κ1) is 14.5. The quantitative estimate of drug-likeness (QED) is 0.526. The highest BCUT2D eigenvalue weighted by atomic mass is 79.9. The SMILES string of the molecule is BrC(Br)c1ccc2cccc(OCc3ccccc3)c2n1. The topological polar surface area (TPSA) is 22.1 Å². The lowest BCUT2D eigenvalue weighted by atomic mass is 10.2. The molecular formula is C17H13Br2NO. The van der Waals surface area contributed by atoms with Crippen molar-refractivity contribution < 1.29 is 4.74 Å². The Morgan fingerprint density at radius 3 is 2.48 bits per heavy atom. The first-order chi connectivity index (χ1) is 10.2. The minimum atomic E-state index is 0.0385. The summed E-state index contributed by atoms with van der Waals surface area (Å²) in [4.78, 5) is 4.67. The highest BCUT2D eigenvalue weighted by Gasteiger charge is 2.09. The minimum absolute atomic E-state index is 0.0385. The predicted octanol–water partition coefficient (Wildman–Crippen LogP) is 5.60. The van der Waals surface area contributed by atoms with Gasteiger partial charge in [0.05, 0.1) is 5.69 Å². The van der Waals surface area contributed by atoms with Crippen molar-refractivity contribution in [3.63, 3.8) is 0 Å². The van der Waals surface area contributed by atoms with E-state index in [0.717, 1.165) is 27.9 Å². The maximum Gasteiger partial charge on any atom is 0.146 e. The van der Waals surface area contributed by atoms with Crippen LogP contribution < -0.4 is 4.74 Å². The van der Waals surface area contributed by atoms with Crippen LogP contribution in [0.15, 0.2) is 60.7 Å². The largest absolute Gasteiger partial charge is 0.487 e. The molecule has 0 aliphatic carbocycles. The van der Waals surface area contributed by atoms with Gasteiger partial charge in [0.1, 0.15) is 21.6 Å². The number of hydrogen-bond donors (Lipinski definition) is 0. The van der Waals surface area contributed by atoms with Gasteiger partial charge in [0.25, 0.3) is 0 Å². The average Bonchev–Trinajstić information content (AvgIpc) is 2.53. The fourth-order valence-electron chi connectivity index (χ4n) is 2.11. The zero-order chi connectivity index (χ0) is 14.7. The lowest BCUT2D eigenvalue weighted by Gasteiger charge is -2.10. The van der Waals surface area contributed by atoms with E-state index in [0.29, 0.717) is 6.61 Å². The molecule has 21 heavy (non-hydrogen) atoms. The highest BCUT2D eigenvalue weighted by molar-refractivity contribution is 9.24. The highest BCUT2D eigenvalue weighted by Crippen LogP contribution is 2.31. The van der Waals surface area contributed by atoms with E-state index in [4.69, 9.17) is 4.74 Å². The molecule has 3 rings (SSSR count). The Morgan fingerprint density at radius 1 is 0.905 bits per heavy atom. The molecule has 1 aromatic heterocycles. The van der Waals surface area contributed by atoms with E-state index >= 15 is 0 Å². The van der Waals surface area contributed by atoms with Gasteiger partial charge >= 0.3 is 0 Å². The molecular weight excluding hydrogens is 394 g/mol. The third-order valence-corrected chi connectivity index (χ3v) is 4.10. The Morgan fingerprint density at radius 2 is 1.71 bits per heavy atom. The second-order valence-electron chi connectivity index (χ2n) is 4.64. The van der Waals surface area contributed by atoms with Gasteiger partial charge in [0, 0.05) is 5.39 Å². The van der Waals surface area contributed by atoms with E-state index in [9.17, 15) is 0 Å². The van der Waals surface area contributed by atoms with Crippen LogP contribution in [0.25, 0.3) is 10.9 Å². The molecule has 4 heteroatoms. The van der Waals surface area contributed by atoms with Crippen LogP contribution in [0.5, 0.6) is 5.75 Å². The number of nitrogens with zero attached hydrogens (tertiary/aromatic N) is 1. The molecule has 0 fully saturated rings. The number of ether oxygens (including phenoxy) is 1. The molecule has 0 bridgehead atoms. The molecule has 0 aliphatic rings. The lowest BCUT2D eigenvalue weighted by Crippen LogP contribution is -1.97. The molecule has 2 aromatic carbocycles.